The van der Waals surface area contributed by atoms with Crippen LogP contribution < -0.4 is 4.74 Å². The summed E-state index contributed by atoms with van der Waals surface area (Å²) in [6.07, 6.45) is 1.63. The topological polar surface area (TPSA) is 29.5 Å². The molecule has 0 aliphatic carbocycles. The number of ketones is 1. The van der Waals surface area contributed by atoms with Gasteiger partial charge in [-0.05, 0) is 48.5 Å². The summed E-state index contributed by atoms with van der Waals surface area (Å²) in [5.41, 5.74) is 0.506. The number of carbonyl (C=O) groups is 1. The second-order valence-corrected chi connectivity index (χ2v) is 5.72. The van der Waals surface area contributed by atoms with Crippen molar-refractivity contribution >= 4 is 29.0 Å². The summed E-state index contributed by atoms with van der Waals surface area (Å²) in [6.45, 7) is 0. The minimum absolute atomic E-state index is 0.217. The molecular formula is C17H15Cl2NO2. The minimum Gasteiger partial charge on any atom is -0.452 e. The van der Waals surface area contributed by atoms with Crippen LogP contribution in [0.2, 0.25) is 10.0 Å². The molecule has 0 aromatic heterocycles. The third-order valence-corrected chi connectivity index (χ3v) is 3.25. The van der Waals surface area contributed by atoms with Crippen molar-refractivity contribution in [1.29, 1.82) is 0 Å². The van der Waals surface area contributed by atoms with Gasteiger partial charge >= 0.3 is 0 Å². The van der Waals surface area contributed by atoms with Gasteiger partial charge in [-0.2, -0.15) is 0 Å². The fourth-order valence-electron chi connectivity index (χ4n) is 1.74. The molecule has 0 heterocycles. The minimum atomic E-state index is -0.222. The maximum atomic E-state index is 12.6. The normalized spacial score (nSPS) is 11.2. The van der Waals surface area contributed by atoms with Gasteiger partial charge in [0.25, 0.3) is 0 Å². The first-order valence-corrected chi connectivity index (χ1v) is 7.33. The van der Waals surface area contributed by atoms with Crippen LogP contribution in [0, 0.1) is 0 Å². The highest BCUT2D eigenvalue weighted by atomic mass is 35.5. The molecule has 0 saturated heterocycles. The van der Waals surface area contributed by atoms with E-state index in [1.165, 1.54) is 0 Å². The van der Waals surface area contributed by atoms with Gasteiger partial charge in [-0.3, -0.25) is 4.79 Å². The lowest BCUT2D eigenvalue weighted by Crippen LogP contribution is -2.14. The van der Waals surface area contributed by atoms with Gasteiger partial charge < -0.3 is 9.64 Å². The largest absolute Gasteiger partial charge is 0.452 e. The summed E-state index contributed by atoms with van der Waals surface area (Å²) in [4.78, 5) is 14.3. The van der Waals surface area contributed by atoms with Gasteiger partial charge in [0.15, 0.2) is 5.76 Å². The molecule has 2 aromatic rings. The summed E-state index contributed by atoms with van der Waals surface area (Å²) in [5, 5.41) is 1.18. The molecule has 0 saturated carbocycles. The Labute approximate surface area is 139 Å². The molecule has 0 atom stereocenters. The molecule has 0 N–H and O–H groups in total. The van der Waals surface area contributed by atoms with Gasteiger partial charge in [0.1, 0.15) is 5.75 Å². The Bertz CT molecular complexity index is 677. The Morgan fingerprint density at radius 2 is 1.45 bits per heavy atom. The molecule has 2 rings (SSSR count). The molecule has 2 aromatic carbocycles. The fraction of sp³-hybridized carbons (Fsp3) is 0.118. The number of allylic oxidation sites excluding steroid dienone is 1. The number of benzene rings is 2. The summed E-state index contributed by atoms with van der Waals surface area (Å²) in [7, 11) is 3.64. The second-order valence-electron chi connectivity index (χ2n) is 4.85. The molecule has 22 heavy (non-hydrogen) atoms. The van der Waals surface area contributed by atoms with Crippen molar-refractivity contribution in [3.8, 4) is 5.75 Å². The highest BCUT2D eigenvalue weighted by Crippen LogP contribution is 2.20. The Hall–Kier alpha value is -1.97. The van der Waals surface area contributed by atoms with Crippen LogP contribution in [-0.4, -0.2) is 24.8 Å². The Kier molecular flexibility index (Phi) is 5.47. The molecule has 0 fully saturated rings. The first-order chi connectivity index (χ1) is 10.5. The molecule has 3 nitrogen and oxygen atoms in total. The van der Waals surface area contributed by atoms with E-state index in [2.05, 4.69) is 0 Å². The number of rotatable bonds is 5. The van der Waals surface area contributed by atoms with Crippen molar-refractivity contribution in [3.05, 3.63) is 76.1 Å². The van der Waals surface area contributed by atoms with Crippen LogP contribution in [0.25, 0.3) is 0 Å². The summed E-state index contributed by atoms with van der Waals surface area (Å²) in [5.74, 6) is 0.537. The van der Waals surface area contributed by atoms with Crippen LogP contribution >= 0.6 is 23.2 Å². The summed E-state index contributed by atoms with van der Waals surface area (Å²) in [6, 6.07) is 13.5. The van der Waals surface area contributed by atoms with Gasteiger partial charge in [0, 0.05) is 35.9 Å². The third kappa shape index (κ3) is 4.52. The predicted octanol–water partition coefficient (Wildman–Crippen LogP) is 4.66. The molecule has 0 aliphatic rings. The van der Waals surface area contributed by atoms with Crippen LogP contribution in [0.3, 0.4) is 0 Å². The third-order valence-electron chi connectivity index (χ3n) is 2.75. The van der Waals surface area contributed by atoms with E-state index in [0.717, 1.165) is 0 Å². The zero-order valence-electron chi connectivity index (χ0n) is 12.2. The number of hydrogen-bond acceptors (Lipinski definition) is 3. The molecular weight excluding hydrogens is 321 g/mol. The average Bonchev–Trinajstić information content (AvgIpc) is 2.48. The lowest BCUT2D eigenvalue weighted by molar-refractivity contribution is 0.0982. The zero-order valence-corrected chi connectivity index (χ0v) is 13.7. The zero-order chi connectivity index (χ0) is 16.1. The van der Waals surface area contributed by atoms with Crippen LogP contribution in [0.5, 0.6) is 5.75 Å². The SMILES string of the molecule is CN(C)C=C(Oc1ccc(Cl)cc1)C(=O)c1ccc(Cl)cc1. The smallest absolute Gasteiger partial charge is 0.229 e. The van der Waals surface area contributed by atoms with E-state index in [4.69, 9.17) is 27.9 Å². The Morgan fingerprint density at radius 1 is 0.955 bits per heavy atom. The first-order valence-electron chi connectivity index (χ1n) is 6.57. The van der Waals surface area contributed by atoms with E-state index in [0.29, 0.717) is 21.4 Å². The average molecular weight is 336 g/mol. The van der Waals surface area contributed by atoms with E-state index in [9.17, 15) is 4.79 Å². The molecule has 0 radical (unpaired) electrons. The molecule has 0 unspecified atom stereocenters. The molecule has 0 amide bonds. The van der Waals surface area contributed by atoms with Crippen LogP contribution in [0.4, 0.5) is 0 Å². The maximum absolute atomic E-state index is 12.6. The van der Waals surface area contributed by atoms with Gasteiger partial charge in [-0.25, -0.2) is 0 Å². The molecule has 0 aliphatic heterocycles. The number of hydrogen-bond donors (Lipinski definition) is 0. The lowest BCUT2D eigenvalue weighted by atomic mass is 10.1. The molecule has 5 heteroatoms. The van der Waals surface area contributed by atoms with E-state index in [1.807, 2.05) is 14.1 Å². The van der Waals surface area contributed by atoms with Gasteiger partial charge in [0.05, 0.1) is 0 Å². The second kappa shape index (κ2) is 7.34. The summed E-state index contributed by atoms with van der Waals surface area (Å²) < 4.78 is 5.71. The summed E-state index contributed by atoms with van der Waals surface area (Å²) >= 11 is 11.7. The monoisotopic (exact) mass is 335 g/mol. The standard InChI is InChI=1S/C17H15Cl2NO2/c1-20(2)11-16(22-15-9-7-14(19)8-10-15)17(21)12-3-5-13(18)6-4-12/h3-11H,1-2H3. The van der Waals surface area contributed by atoms with Crippen molar-refractivity contribution in [3.63, 3.8) is 0 Å². The highest BCUT2D eigenvalue weighted by molar-refractivity contribution is 6.31. The number of Topliss-reactive ketones (excluding diaryl/α,β-unsaturated/α-hetero) is 1. The Balaban J connectivity index is 2.28. The maximum Gasteiger partial charge on any atom is 0.229 e. The van der Waals surface area contributed by atoms with Crippen molar-refractivity contribution in [2.75, 3.05) is 14.1 Å². The van der Waals surface area contributed by atoms with Crippen LogP contribution in [0.1, 0.15) is 10.4 Å². The number of halogens is 2. The lowest BCUT2D eigenvalue weighted by Gasteiger charge is -2.13. The first kappa shape index (κ1) is 16.4. The number of ether oxygens (including phenoxy) is 1. The quantitative estimate of drug-likeness (QED) is 0.452. The fourth-order valence-corrected chi connectivity index (χ4v) is 1.99. The Morgan fingerprint density at radius 3 is 1.95 bits per heavy atom. The molecule has 0 bridgehead atoms. The van der Waals surface area contributed by atoms with Crippen molar-refractivity contribution in [2.45, 2.75) is 0 Å². The van der Waals surface area contributed by atoms with E-state index >= 15 is 0 Å². The van der Waals surface area contributed by atoms with Gasteiger partial charge in [-0.15, -0.1) is 0 Å². The van der Waals surface area contributed by atoms with Crippen molar-refractivity contribution in [2.24, 2.45) is 0 Å². The van der Waals surface area contributed by atoms with E-state index in [1.54, 1.807) is 59.6 Å². The van der Waals surface area contributed by atoms with Crippen LogP contribution in [-0.2, 0) is 0 Å². The van der Waals surface area contributed by atoms with Crippen molar-refractivity contribution in [1.82, 2.24) is 4.90 Å². The highest BCUT2D eigenvalue weighted by Gasteiger charge is 2.15. The van der Waals surface area contributed by atoms with Crippen molar-refractivity contribution < 1.29 is 9.53 Å². The van der Waals surface area contributed by atoms with E-state index in [-0.39, 0.29) is 11.5 Å². The van der Waals surface area contributed by atoms with Gasteiger partial charge in [-0.1, -0.05) is 23.2 Å². The van der Waals surface area contributed by atoms with Gasteiger partial charge in [0.2, 0.25) is 5.78 Å². The molecule has 114 valence electrons. The van der Waals surface area contributed by atoms with E-state index < -0.39 is 0 Å². The number of carbonyl (C=O) groups excluding carboxylic acids is 1. The number of nitrogens with zero attached hydrogens (tertiary/aromatic N) is 1. The predicted molar refractivity (Wildman–Crippen MR) is 89.6 cm³/mol. The molecule has 0 spiro atoms. The van der Waals surface area contributed by atoms with Crippen LogP contribution in [0.15, 0.2) is 60.5 Å².